The van der Waals surface area contributed by atoms with Crippen molar-refractivity contribution in [2.45, 2.75) is 6.92 Å². The van der Waals surface area contributed by atoms with Crippen LogP contribution in [0.4, 0.5) is 20.6 Å². The highest BCUT2D eigenvalue weighted by atomic mass is 35.5. The van der Waals surface area contributed by atoms with Gasteiger partial charge in [0.15, 0.2) is 0 Å². The van der Waals surface area contributed by atoms with Gasteiger partial charge in [-0.2, -0.15) is 5.10 Å². The molecule has 3 aromatic carbocycles. The summed E-state index contributed by atoms with van der Waals surface area (Å²) < 4.78 is 14.6. The molecular formula is C21H16ClFN4O. The van der Waals surface area contributed by atoms with Crippen molar-refractivity contribution >= 4 is 39.9 Å². The van der Waals surface area contributed by atoms with E-state index in [-0.39, 0.29) is 5.69 Å². The zero-order chi connectivity index (χ0) is 19.7. The number of amides is 2. The molecule has 1 heterocycles. The second-order valence-electron chi connectivity index (χ2n) is 6.33. The van der Waals surface area contributed by atoms with Gasteiger partial charge in [-0.05, 0) is 54.4 Å². The molecule has 0 spiro atoms. The number of hydrogen-bond donors (Lipinski definition) is 3. The highest BCUT2D eigenvalue weighted by Gasteiger charge is 2.12. The molecule has 0 fully saturated rings. The number of nitrogens with one attached hydrogen (secondary N) is 3. The van der Waals surface area contributed by atoms with E-state index in [4.69, 9.17) is 11.6 Å². The van der Waals surface area contributed by atoms with Gasteiger partial charge < -0.3 is 10.6 Å². The Labute approximate surface area is 165 Å². The highest BCUT2D eigenvalue weighted by molar-refractivity contribution is 6.30. The maximum Gasteiger partial charge on any atom is 0.323 e. The Kier molecular flexibility index (Phi) is 4.71. The first-order chi connectivity index (χ1) is 13.5. The molecule has 0 aliphatic rings. The molecule has 0 aliphatic heterocycles. The molecule has 0 radical (unpaired) electrons. The van der Waals surface area contributed by atoms with E-state index in [0.717, 1.165) is 22.2 Å². The number of carbonyl (C=O) groups excluding carboxylic acids is 1. The molecule has 3 N–H and O–H groups in total. The Bertz CT molecular complexity index is 1190. The van der Waals surface area contributed by atoms with E-state index in [1.54, 1.807) is 30.3 Å². The van der Waals surface area contributed by atoms with E-state index >= 15 is 0 Å². The quantitative estimate of drug-likeness (QED) is 0.400. The lowest BCUT2D eigenvalue weighted by Crippen LogP contribution is -2.20. The third-order valence-corrected chi connectivity index (χ3v) is 4.61. The summed E-state index contributed by atoms with van der Waals surface area (Å²) in [6.07, 6.45) is 0. The molecule has 4 rings (SSSR count). The summed E-state index contributed by atoms with van der Waals surface area (Å²) in [4.78, 5) is 12.1. The Morgan fingerprint density at radius 3 is 2.68 bits per heavy atom. The monoisotopic (exact) mass is 394 g/mol. The van der Waals surface area contributed by atoms with E-state index in [2.05, 4.69) is 20.8 Å². The summed E-state index contributed by atoms with van der Waals surface area (Å²) >= 11 is 5.90. The second-order valence-corrected chi connectivity index (χ2v) is 6.77. The van der Waals surface area contributed by atoms with E-state index in [9.17, 15) is 9.18 Å². The number of urea groups is 1. The van der Waals surface area contributed by atoms with Crippen LogP contribution >= 0.6 is 11.6 Å². The average molecular weight is 395 g/mol. The zero-order valence-corrected chi connectivity index (χ0v) is 15.6. The number of carbonyl (C=O) groups is 1. The van der Waals surface area contributed by atoms with Gasteiger partial charge in [0.1, 0.15) is 5.82 Å². The van der Waals surface area contributed by atoms with Crippen molar-refractivity contribution in [3.63, 3.8) is 0 Å². The maximum atomic E-state index is 14.6. The molecule has 0 saturated carbocycles. The van der Waals surface area contributed by atoms with E-state index in [1.165, 1.54) is 12.1 Å². The van der Waals surface area contributed by atoms with E-state index < -0.39 is 11.8 Å². The van der Waals surface area contributed by atoms with Gasteiger partial charge in [0.2, 0.25) is 0 Å². The highest BCUT2D eigenvalue weighted by Crippen LogP contribution is 2.31. The van der Waals surface area contributed by atoms with Gasteiger partial charge in [0.25, 0.3) is 0 Å². The molecule has 7 heteroatoms. The van der Waals surface area contributed by atoms with Crippen LogP contribution in [0.1, 0.15) is 5.69 Å². The van der Waals surface area contributed by atoms with Crippen LogP contribution in [-0.4, -0.2) is 16.2 Å². The van der Waals surface area contributed by atoms with Crippen molar-refractivity contribution in [3.8, 4) is 11.1 Å². The smallest absolute Gasteiger partial charge is 0.308 e. The summed E-state index contributed by atoms with van der Waals surface area (Å²) in [6.45, 7) is 1.92. The number of hydrogen-bond acceptors (Lipinski definition) is 2. The van der Waals surface area contributed by atoms with Crippen LogP contribution < -0.4 is 10.6 Å². The minimum absolute atomic E-state index is 0.0827. The van der Waals surface area contributed by atoms with Gasteiger partial charge in [-0.1, -0.05) is 35.9 Å². The van der Waals surface area contributed by atoms with Crippen LogP contribution in [0.2, 0.25) is 5.02 Å². The molecule has 140 valence electrons. The fourth-order valence-corrected chi connectivity index (χ4v) is 3.29. The number of aromatic amines is 1. The predicted octanol–water partition coefficient (Wildman–Crippen LogP) is 5.97. The van der Waals surface area contributed by atoms with E-state index in [0.29, 0.717) is 16.3 Å². The van der Waals surface area contributed by atoms with Crippen molar-refractivity contribution < 1.29 is 9.18 Å². The number of rotatable bonds is 3. The minimum Gasteiger partial charge on any atom is -0.308 e. The number of H-pyrrole nitrogens is 1. The number of halogens is 2. The summed E-state index contributed by atoms with van der Waals surface area (Å²) in [7, 11) is 0. The molecule has 0 unspecified atom stereocenters. The van der Waals surface area contributed by atoms with Gasteiger partial charge in [0.05, 0.1) is 11.2 Å². The molecule has 4 aromatic rings. The Morgan fingerprint density at radius 2 is 1.89 bits per heavy atom. The third kappa shape index (κ3) is 3.54. The molecule has 0 atom stereocenters. The summed E-state index contributed by atoms with van der Waals surface area (Å²) in [6, 6.07) is 16.5. The molecule has 5 nitrogen and oxygen atoms in total. The average Bonchev–Trinajstić information content (AvgIpc) is 3.05. The van der Waals surface area contributed by atoms with Crippen LogP contribution in [-0.2, 0) is 0 Å². The molecule has 1 aromatic heterocycles. The SMILES string of the molecule is Cc1[nH]nc2cccc(-c3ccc(NC(=O)Nc4cccc(Cl)c4)c(F)c3)c12. The van der Waals surface area contributed by atoms with Crippen molar-refractivity contribution in [1.82, 2.24) is 10.2 Å². The molecular weight excluding hydrogens is 379 g/mol. The number of aromatic nitrogens is 2. The number of nitrogens with zero attached hydrogens (tertiary/aromatic N) is 1. The van der Waals surface area contributed by atoms with Crippen LogP contribution in [0.3, 0.4) is 0 Å². The molecule has 0 aliphatic carbocycles. The molecule has 2 amide bonds. The number of benzene rings is 3. The van der Waals surface area contributed by atoms with Crippen molar-refractivity contribution in [2.24, 2.45) is 0 Å². The topological polar surface area (TPSA) is 69.8 Å². The van der Waals surface area contributed by atoms with Gasteiger partial charge in [-0.15, -0.1) is 0 Å². The second kappa shape index (κ2) is 7.32. The fourth-order valence-electron chi connectivity index (χ4n) is 3.10. The first kappa shape index (κ1) is 18.0. The lowest BCUT2D eigenvalue weighted by atomic mass is 10.00. The largest absolute Gasteiger partial charge is 0.323 e. The Hall–Kier alpha value is -3.38. The number of anilines is 2. The lowest BCUT2D eigenvalue weighted by molar-refractivity contribution is 0.262. The number of aryl methyl sites for hydroxylation is 1. The Balaban J connectivity index is 1.58. The number of fused-ring (bicyclic) bond motifs is 1. The Morgan fingerprint density at radius 1 is 1.07 bits per heavy atom. The van der Waals surface area contributed by atoms with Crippen LogP contribution in [0.25, 0.3) is 22.0 Å². The van der Waals surface area contributed by atoms with Gasteiger partial charge in [0, 0.05) is 21.8 Å². The standard InChI is InChI=1S/C21H16ClFN4O/c1-12-20-16(6-3-7-19(20)27-26-12)13-8-9-18(17(23)10-13)25-21(28)24-15-5-2-4-14(22)11-15/h2-11H,1H3,(H,26,27)(H2,24,25,28). The predicted molar refractivity (Wildman–Crippen MR) is 110 cm³/mol. The molecule has 0 saturated heterocycles. The normalized spacial score (nSPS) is 10.8. The molecule has 28 heavy (non-hydrogen) atoms. The molecule has 0 bridgehead atoms. The first-order valence-electron chi connectivity index (χ1n) is 8.58. The summed E-state index contributed by atoms with van der Waals surface area (Å²) in [5.41, 5.74) is 3.90. The minimum atomic E-state index is -0.554. The van der Waals surface area contributed by atoms with Crippen molar-refractivity contribution in [3.05, 3.63) is 77.2 Å². The van der Waals surface area contributed by atoms with Crippen LogP contribution in [0.5, 0.6) is 0 Å². The van der Waals surface area contributed by atoms with Gasteiger partial charge >= 0.3 is 6.03 Å². The first-order valence-corrected chi connectivity index (χ1v) is 8.96. The third-order valence-electron chi connectivity index (χ3n) is 4.37. The van der Waals surface area contributed by atoms with Crippen molar-refractivity contribution in [2.75, 3.05) is 10.6 Å². The van der Waals surface area contributed by atoms with Gasteiger partial charge in [-0.25, -0.2) is 9.18 Å². The van der Waals surface area contributed by atoms with Gasteiger partial charge in [-0.3, -0.25) is 5.10 Å². The lowest BCUT2D eigenvalue weighted by Gasteiger charge is -2.11. The summed E-state index contributed by atoms with van der Waals surface area (Å²) in [5.74, 6) is -0.531. The van der Waals surface area contributed by atoms with Crippen LogP contribution in [0.15, 0.2) is 60.7 Å². The summed E-state index contributed by atoms with van der Waals surface area (Å²) in [5, 5.41) is 13.8. The zero-order valence-electron chi connectivity index (χ0n) is 14.9. The fraction of sp³-hybridized carbons (Fsp3) is 0.0476. The van der Waals surface area contributed by atoms with Crippen molar-refractivity contribution in [1.29, 1.82) is 0 Å². The maximum absolute atomic E-state index is 14.6. The van der Waals surface area contributed by atoms with E-state index in [1.807, 2.05) is 25.1 Å². The van der Waals surface area contributed by atoms with Crippen LogP contribution in [0, 0.1) is 12.7 Å².